The van der Waals surface area contributed by atoms with E-state index < -0.39 is 0 Å². The number of ether oxygens (including phenoxy) is 1. The Morgan fingerprint density at radius 2 is 1.96 bits per heavy atom. The third-order valence-electron chi connectivity index (χ3n) is 4.10. The predicted octanol–water partition coefficient (Wildman–Crippen LogP) is 2.92. The molecule has 4 rings (SSSR count). The van der Waals surface area contributed by atoms with Crippen LogP contribution in [-0.4, -0.2) is 36.4 Å². The maximum Gasteiger partial charge on any atom is 0.245 e. The molecule has 0 fully saturated rings. The van der Waals surface area contributed by atoms with Gasteiger partial charge in [-0.05, 0) is 19.1 Å². The van der Waals surface area contributed by atoms with Gasteiger partial charge in [0, 0.05) is 30.9 Å². The predicted molar refractivity (Wildman–Crippen MR) is 95.2 cm³/mol. The fourth-order valence-corrected chi connectivity index (χ4v) is 2.81. The molecule has 0 radical (unpaired) electrons. The summed E-state index contributed by atoms with van der Waals surface area (Å²) in [6.07, 6.45) is 3.68. The zero-order valence-corrected chi connectivity index (χ0v) is 14.3. The highest BCUT2D eigenvalue weighted by atomic mass is 16.5. The van der Waals surface area contributed by atoms with Gasteiger partial charge in [0.15, 0.2) is 17.0 Å². The highest BCUT2D eigenvalue weighted by Crippen LogP contribution is 2.28. The number of rotatable bonds is 4. The first-order chi connectivity index (χ1) is 12.2. The molecule has 7 nitrogen and oxygen atoms in total. The Morgan fingerprint density at radius 1 is 1.12 bits per heavy atom. The molecule has 0 atom stereocenters. The van der Waals surface area contributed by atoms with E-state index in [0.29, 0.717) is 17.2 Å². The lowest BCUT2D eigenvalue weighted by atomic mass is 10.1. The van der Waals surface area contributed by atoms with Crippen LogP contribution in [0.25, 0.3) is 33.8 Å². The molecule has 0 saturated carbocycles. The average Bonchev–Trinajstić information content (AvgIpc) is 3.27. The van der Waals surface area contributed by atoms with Crippen molar-refractivity contribution in [1.82, 2.24) is 29.3 Å². The van der Waals surface area contributed by atoms with Gasteiger partial charge in [-0.25, -0.2) is 9.97 Å². The summed E-state index contributed by atoms with van der Waals surface area (Å²) in [5.74, 6) is 1.09. The Kier molecular flexibility index (Phi) is 3.68. The molecule has 0 N–H and O–H groups in total. The van der Waals surface area contributed by atoms with Crippen molar-refractivity contribution in [1.29, 1.82) is 0 Å². The largest absolute Gasteiger partial charge is 0.479 e. The minimum absolute atomic E-state index is 0.482. The molecule has 0 bridgehead atoms. The molecule has 0 amide bonds. The number of fused-ring (bicyclic) bond motifs is 1. The maximum atomic E-state index is 5.42. The summed E-state index contributed by atoms with van der Waals surface area (Å²) in [5, 5.41) is 4.46. The Balaban J connectivity index is 1.86. The van der Waals surface area contributed by atoms with Gasteiger partial charge in [-0.3, -0.25) is 4.68 Å². The van der Waals surface area contributed by atoms with E-state index in [4.69, 9.17) is 9.72 Å². The Hall–Kier alpha value is -3.22. The standard InChI is InChI=1S/C18H18N6O/c1-4-24-11-19-15-17(24)20-16(21-18(15)25-3)13-7-5-6-12(10-13)14-8-9-23(2)22-14/h5-11H,4H2,1-3H3. The lowest BCUT2D eigenvalue weighted by Crippen LogP contribution is -1.99. The molecule has 1 aromatic carbocycles. The van der Waals surface area contributed by atoms with Crippen LogP contribution in [0.3, 0.4) is 0 Å². The van der Waals surface area contributed by atoms with Crippen LogP contribution in [0.2, 0.25) is 0 Å². The second-order valence-corrected chi connectivity index (χ2v) is 5.71. The Labute approximate surface area is 144 Å². The third-order valence-corrected chi connectivity index (χ3v) is 4.10. The zero-order valence-electron chi connectivity index (χ0n) is 14.3. The van der Waals surface area contributed by atoms with Crippen LogP contribution < -0.4 is 4.74 Å². The summed E-state index contributed by atoms with van der Waals surface area (Å²) in [6.45, 7) is 2.83. The van der Waals surface area contributed by atoms with E-state index >= 15 is 0 Å². The van der Waals surface area contributed by atoms with Crippen LogP contribution >= 0.6 is 0 Å². The van der Waals surface area contributed by atoms with Crippen LogP contribution in [0.15, 0.2) is 42.9 Å². The quantitative estimate of drug-likeness (QED) is 0.574. The van der Waals surface area contributed by atoms with Crippen molar-refractivity contribution < 1.29 is 4.74 Å². The molecular formula is C18H18N6O. The fraction of sp³-hybridized carbons (Fsp3) is 0.222. The van der Waals surface area contributed by atoms with Gasteiger partial charge < -0.3 is 9.30 Å². The first-order valence-electron chi connectivity index (χ1n) is 8.07. The van der Waals surface area contributed by atoms with E-state index in [1.165, 1.54) is 0 Å². The Morgan fingerprint density at radius 3 is 2.68 bits per heavy atom. The highest BCUT2D eigenvalue weighted by Gasteiger charge is 2.15. The number of methoxy groups -OCH3 is 1. The molecule has 4 aromatic rings. The Bertz CT molecular complexity index is 1050. The van der Waals surface area contributed by atoms with Gasteiger partial charge in [-0.2, -0.15) is 10.1 Å². The van der Waals surface area contributed by atoms with Crippen LogP contribution in [0.4, 0.5) is 0 Å². The molecule has 0 unspecified atom stereocenters. The van der Waals surface area contributed by atoms with Gasteiger partial charge >= 0.3 is 0 Å². The monoisotopic (exact) mass is 334 g/mol. The van der Waals surface area contributed by atoms with Gasteiger partial charge in [-0.1, -0.05) is 18.2 Å². The highest BCUT2D eigenvalue weighted by molar-refractivity contribution is 5.79. The van der Waals surface area contributed by atoms with Crippen molar-refractivity contribution >= 4 is 11.2 Å². The number of imidazole rings is 1. The van der Waals surface area contributed by atoms with Crippen LogP contribution in [0.5, 0.6) is 5.88 Å². The van der Waals surface area contributed by atoms with Gasteiger partial charge in [0.05, 0.1) is 19.1 Å². The average molecular weight is 334 g/mol. The lowest BCUT2D eigenvalue weighted by Gasteiger charge is -2.07. The summed E-state index contributed by atoms with van der Waals surface area (Å²) in [7, 11) is 3.50. The molecule has 0 aliphatic rings. The number of aromatic nitrogens is 6. The molecular weight excluding hydrogens is 316 g/mol. The van der Waals surface area contributed by atoms with E-state index in [0.717, 1.165) is 29.0 Å². The number of nitrogens with zero attached hydrogens (tertiary/aromatic N) is 6. The molecule has 25 heavy (non-hydrogen) atoms. The van der Waals surface area contributed by atoms with Crippen LogP contribution in [-0.2, 0) is 13.6 Å². The van der Waals surface area contributed by atoms with Crippen molar-refractivity contribution in [3.05, 3.63) is 42.9 Å². The first kappa shape index (κ1) is 15.3. The summed E-state index contributed by atoms with van der Waals surface area (Å²) in [4.78, 5) is 13.6. The van der Waals surface area contributed by atoms with E-state index in [2.05, 4.69) is 22.0 Å². The van der Waals surface area contributed by atoms with E-state index in [1.807, 2.05) is 48.1 Å². The number of benzene rings is 1. The molecule has 0 saturated heterocycles. The molecule has 7 heteroatoms. The fourth-order valence-electron chi connectivity index (χ4n) is 2.81. The summed E-state index contributed by atoms with van der Waals surface area (Å²) >= 11 is 0. The molecule has 0 spiro atoms. The van der Waals surface area contributed by atoms with Crippen molar-refractivity contribution in [3.63, 3.8) is 0 Å². The van der Waals surface area contributed by atoms with Crippen molar-refractivity contribution in [2.45, 2.75) is 13.5 Å². The van der Waals surface area contributed by atoms with Gasteiger partial charge in [-0.15, -0.1) is 0 Å². The first-order valence-corrected chi connectivity index (χ1v) is 8.07. The van der Waals surface area contributed by atoms with Crippen LogP contribution in [0.1, 0.15) is 6.92 Å². The molecule has 0 aliphatic carbocycles. The van der Waals surface area contributed by atoms with Gasteiger partial charge in [0.2, 0.25) is 5.88 Å². The number of aryl methyl sites for hydroxylation is 2. The number of hydrogen-bond acceptors (Lipinski definition) is 5. The normalized spacial score (nSPS) is 11.2. The second kappa shape index (κ2) is 6.01. The topological polar surface area (TPSA) is 70.7 Å². The third kappa shape index (κ3) is 2.63. The van der Waals surface area contributed by atoms with Crippen molar-refractivity contribution in [3.8, 4) is 28.5 Å². The maximum absolute atomic E-state index is 5.42. The zero-order chi connectivity index (χ0) is 17.4. The lowest BCUT2D eigenvalue weighted by molar-refractivity contribution is 0.402. The van der Waals surface area contributed by atoms with Gasteiger partial charge in [0.25, 0.3) is 0 Å². The van der Waals surface area contributed by atoms with Gasteiger partial charge in [0.1, 0.15) is 0 Å². The SMILES string of the molecule is CCn1cnc2c(OC)nc(-c3cccc(-c4ccn(C)n4)c3)nc21. The summed E-state index contributed by atoms with van der Waals surface area (Å²) < 4.78 is 9.19. The van der Waals surface area contributed by atoms with Crippen molar-refractivity contribution in [2.75, 3.05) is 7.11 Å². The second-order valence-electron chi connectivity index (χ2n) is 5.71. The molecule has 0 aliphatic heterocycles. The summed E-state index contributed by atoms with van der Waals surface area (Å²) in [6, 6.07) is 10.0. The molecule has 3 aromatic heterocycles. The smallest absolute Gasteiger partial charge is 0.245 e. The number of hydrogen-bond donors (Lipinski definition) is 0. The minimum atomic E-state index is 0.482. The van der Waals surface area contributed by atoms with E-state index in [1.54, 1.807) is 18.1 Å². The summed E-state index contributed by atoms with van der Waals surface area (Å²) in [5.41, 5.74) is 4.29. The van der Waals surface area contributed by atoms with E-state index in [-0.39, 0.29) is 0 Å². The van der Waals surface area contributed by atoms with Crippen LogP contribution in [0, 0.1) is 0 Å². The molecule has 126 valence electrons. The molecule has 3 heterocycles. The van der Waals surface area contributed by atoms with Crippen molar-refractivity contribution in [2.24, 2.45) is 7.05 Å². The minimum Gasteiger partial charge on any atom is -0.479 e. The van der Waals surface area contributed by atoms with E-state index in [9.17, 15) is 0 Å².